The van der Waals surface area contributed by atoms with E-state index in [2.05, 4.69) is 10.6 Å². The van der Waals surface area contributed by atoms with Gasteiger partial charge in [0.1, 0.15) is 5.75 Å². The highest BCUT2D eigenvalue weighted by Gasteiger charge is 2.08. The Morgan fingerprint density at radius 2 is 1.70 bits per heavy atom. The number of nitrogens with one attached hydrogen (secondary N) is 2. The monoisotopic (exact) mass is 312 g/mol. The first-order chi connectivity index (χ1) is 11.1. The molecule has 0 heterocycles. The molecular formula is C19H24N2O2. The molecule has 122 valence electrons. The van der Waals surface area contributed by atoms with Crippen LogP contribution in [0.2, 0.25) is 0 Å². The van der Waals surface area contributed by atoms with Crippen LogP contribution >= 0.6 is 0 Å². The maximum Gasteiger partial charge on any atom is 0.226 e. The normalized spacial score (nSPS) is 10.4. The van der Waals surface area contributed by atoms with Gasteiger partial charge in [0.2, 0.25) is 5.91 Å². The lowest BCUT2D eigenvalue weighted by atomic mass is 10.2. The van der Waals surface area contributed by atoms with E-state index in [1.807, 2.05) is 69.3 Å². The zero-order chi connectivity index (χ0) is 16.7. The van der Waals surface area contributed by atoms with E-state index in [1.54, 1.807) is 0 Å². The summed E-state index contributed by atoms with van der Waals surface area (Å²) in [6, 6.07) is 15.5. The molecule has 4 nitrogen and oxygen atoms in total. The van der Waals surface area contributed by atoms with E-state index in [0.29, 0.717) is 24.4 Å². The highest BCUT2D eigenvalue weighted by Crippen LogP contribution is 2.25. The Morgan fingerprint density at radius 1 is 1.04 bits per heavy atom. The maximum atomic E-state index is 12.1. The molecule has 0 fully saturated rings. The van der Waals surface area contributed by atoms with Crippen molar-refractivity contribution in [3.63, 3.8) is 0 Å². The van der Waals surface area contributed by atoms with Gasteiger partial charge in [0.25, 0.3) is 0 Å². The zero-order valence-electron chi connectivity index (χ0n) is 13.9. The number of ether oxygens (including phenoxy) is 1. The molecule has 2 aromatic carbocycles. The smallest absolute Gasteiger partial charge is 0.226 e. The molecule has 0 bridgehead atoms. The maximum absolute atomic E-state index is 12.1. The minimum absolute atomic E-state index is 0.0362. The predicted molar refractivity (Wildman–Crippen MR) is 95.1 cm³/mol. The second-order valence-electron chi connectivity index (χ2n) is 5.70. The molecule has 0 aliphatic carbocycles. The molecule has 23 heavy (non-hydrogen) atoms. The molecule has 0 spiro atoms. The van der Waals surface area contributed by atoms with Crippen LogP contribution in [0, 0.1) is 6.92 Å². The van der Waals surface area contributed by atoms with Crippen LogP contribution in [0.3, 0.4) is 0 Å². The number of rotatable bonds is 7. The van der Waals surface area contributed by atoms with Crippen molar-refractivity contribution >= 4 is 17.3 Å². The molecule has 2 aromatic rings. The lowest BCUT2D eigenvalue weighted by Gasteiger charge is -2.15. The van der Waals surface area contributed by atoms with Crippen LogP contribution in [-0.2, 0) is 4.79 Å². The third-order valence-corrected chi connectivity index (χ3v) is 3.34. The van der Waals surface area contributed by atoms with E-state index in [1.165, 1.54) is 5.56 Å². The number of carbonyl (C=O) groups excluding carboxylic acids is 1. The van der Waals surface area contributed by atoms with Crippen molar-refractivity contribution in [2.24, 2.45) is 0 Å². The average Bonchev–Trinajstić information content (AvgIpc) is 2.51. The van der Waals surface area contributed by atoms with Gasteiger partial charge in [0.15, 0.2) is 0 Å². The largest absolute Gasteiger partial charge is 0.489 e. The molecule has 0 aliphatic rings. The van der Waals surface area contributed by atoms with E-state index >= 15 is 0 Å². The Hall–Kier alpha value is -2.49. The topological polar surface area (TPSA) is 50.4 Å². The van der Waals surface area contributed by atoms with Gasteiger partial charge in [-0.3, -0.25) is 4.79 Å². The first-order valence-electron chi connectivity index (χ1n) is 7.91. The third-order valence-electron chi connectivity index (χ3n) is 3.34. The molecule has 0 saturated heterocycles. The number of para-hydroxylation sites is 3. The summed E-state index contributed by atoms with van der Waals surface area (Å²) in [5.41, 5.74) is 2.94. The average molecular weight is 312 g/mol. The van der Waals surface area contributed by atoms with Crippen LogP contribution in [0.1, 0.15) is 25.8 Å². The Bertz CT molecular complexity index is 653. The summed E-state index contributed by atoms with van der Waals surface area (Å²) in [4.78, 5) is 12.1. The Morgan fingerprint density at radius 3 is 2.39 bits per heavy atom. The quantitative estimate of drug-likeness (QED) is 0.804. The summed E-state index contributed by atoms with van der Waals surface area (Å²) in [5, 5.41) is 6.20. The second kappa shape index (κ2) is 8.22. The minimum atomic E-state index is -0.0362. The van der Waals surface area contributed by atoms with Crippen molar-refractivity contribution < 1.29 is 9.53 Å². The van der Waals surface area contributed by atoms with Gasteiger partial charge in [-0.2, -0.15) is 0 Å². The number of amides is 1. The minimum Gasteiger partial charge on any atom is -0.489 e. The molecule has 2 N–H and O–H groups in total. The van der Waals surface area contributed by atoms with E-state index in [4.69, 9.17) is 4.74 Å². The molecule has 0 atom stereocenters. The van der Waals surface area contributed by atoms with Gasteiger partial charge in [-0.25, -0.2) is 0 Å². The predicted octanol–water partition coefficient (Wildman–Crippen LogP) is 4.22. The number of aryl methyl sites for hydroxylation is 1. The van der Waals surface area contributed by atoms with Crippen molar-refractivity contribution in [3.8, 4) is 5.75 Å². The van der Waals surface area contributed by atoms with Gasteiger partial charge >= 0.3 is 0 Å². The van der Waals surface area contributed by atoms with E-state index in [-0.39, 0.29) is 12.0 Å². The SMILES string of the molecule is Cc1ccccc1NCCC(=O)Nc1ccccc1OC(C)C. The van der Waals surface area contributed by atoms with Crippen LogP contribution in [0.25, 0.3) is 0 Å². The summed E-state index contributed by atoms with van der Waals surface area (Å²) >= 11 is 0. The number of carbonyl (C=O) groups is 1. The standard InChI is InChI=1S/C19H24N2O2/c1-14(2)23-18-11-7-6-10-17(18)21-19(22)12-13-20-16-9-5-4-8-15(16)3/h4-11,14,20H,12-13H2,1-3H3,(H,21,22). The van der Waals surface area contributed by atoms with Gasteiger partial charge in [-0.1, -0.05) is 30.3 Å². The zero-order valence-corrected chi connectivity index (χ0v) is 13.9. The Labute approximate surface area is 137 Å². The van der Waals surface area contributed by atoms with Crippen LogP contribution in [0.15, 0.2) is 48.5 Å². The molecule has 1 amide bonds. The lowest BCUT2D eigenvalue weighted by molar-refractivity contribution is -0.116. The van der Waals surface area contributed by atoms with Gasteiger partial charge in [-0.05, 0) is 44.5 Å². The third kappa shape index (κ3) is 5.33. The van der Waals surface area contributed by atoms with Crippen LogP contribution in [0.5, 0.6) is 5.75 Å². The summed E-state index contributed by atoms with van der Waals surface area (Å²) < 4.78 is 5.71. The molecule has 0 saturated carbocycles. The fraction of sp³-hybridized carbons (Fsp3) is 0.316. The molecule has 0 aromatic heterocycles. The van der Waals surface area contributed by atoms with E-state index in [0.717, 1.165) is 5.69 Å². The molecule has 4 heteroatoms. The van der Waals surface area contributed by atoms with Crippen molar-refractivity contribution in [1.82, 2.24) is 0 Å². The van der Waals surface area contributed by atoms with Gasteiger partial charge < -0.3 is 15.4 Å². The van der Waals surface area contributed by atoms with E-state index < -0.39 is 0 Å². The molecule has 0 unspecified atom stereocenters. The Balaban J connectivity index is 1.87. The highest BCUT2D eigenvalue weighted by atomic mass is 16.5. The molecule has 2 rings (SSSR count). The fourth-order valence-electron chi connectivity index (χ4n) is 2.22. The van der Waals surface area contributed by atoms with Crippen molar-refractivity contribution in [2.45, 2.75) is 33.3 Å². The van der Waals surface area contributed by atoms with Gasteiger partial charge in [-0.15, -0.1) is 0 Å². The van der Waals surface area contributed by atoms with Gasteiger partial charge in [0.05, 0.1) is 11.8 Å². The number of hydrogen-bond donors (Lipinski definition) is 2. The molecule has 0 aliphatic heterocycles. The number of hydrogen-bond acceptors (Lipinski definition) is 3. The summed E-state index contributed by atoms with van der Waals surface area (Å²) in [6.45, 7) is 6.56. The van der Waals surface area contributed by atoms with Crippen LogP contribution in [0.4, 0.5) is 11.4 Å². The van der Waals surface area contributed by atoms with E-state index in [9.17, 15) is 4.79 Å². The van der Waals surface area contributed by atoms with Crippen LogP contribution < -0.4 is 15.4 Å². The van der Waals surface area contributed by atoms with Gasteiger partial charge in [0, 0.05) is 18.7 Å². The molecular weight excluding hydrogens is 288 g/mol. The van der Waals surface area contributed by atoms with Crippen LogP contribution in [-0.4, -0.2) is 18.6 Å². The number of anilines is 2. The summed E-state index contributed by atoms with van der Waals surface area (Å²) in [5.74, 6) is 0.661. The second-order valence-corrected chi connectivity index (χ2v) is 5.70. The number of benzene rings is 2. The van der Waals surface area contributed by atoms with Crippen molar-refractivity contribution in [2.75, 3.05) is 17.2 Å². The summed E-state index contributed by atoms with van der Waals surface area (Å²) in [6.07, 6.45) is 0.459. The lowest BCUT2D eigenvalue weighted by Crippen LogP contribution is -2.17. The summed E-state index contributed by atoms with van der Waals surface area (Å²) in [7, 11) is 0. The van der Waals surface area contributed by atoms with Crippen molar-refractivity contribution in [3.05, 3.63) is 54.1 Å². The molecule has 0 radical (unpaired) electrons. The first-order valence-corrected chi connectivity index (χ1v) is 7.91. The Kier molecular flexibility index (Phi) is 6.03. The highest BCUT2D eigenvalue weighted by molar-refractivity contribution is 5.92. The fourth-order valence-corrected chi connectivity index (χ4v) is 2.22. The first kappa shape index (κ1) is 16.9. The van der Waals surface area contributed by atoms with Crippen molar-refractivity contribution in [1.29, 1.82) is 0 Å².